The Morgan fingerprint density at radius 2 is 1.88 bits per heavy atom. The molecule has 1 fully saturated rings. The Labute approximate surface area is 149 Å². The second kappa shape index (κ2) is 8.02. The molecule has 2 N–H and O–H groups in total. The summed E-state index contributed by atoms with van der Waals surface area (Å²) in [5.41, 5.74) is 8.17. The van der Waals surface area contributed by atoms with Crippen LogP contribution in [0.1, 0.15) is 73.1 Å². The van der Waals surface area contributed by atoms with Gasteiger partial charge in [0, 0.05) is 24.8 Å². The van der Waals surface area contributed by atoms with E-state index in [4.69, 9.17) is 5.73 Å². The smallest absolute Gasteiger partial charge is 0.275 e. The monoisotopic (exact) mass is 346 g/mol. The van der Waals surface area contributed by atoms with Crippen molar-refractivity contribution in [3.63, 3.8) is 0 Å². The first kappa shape index (κ1) is 18.0. The molecule has 0 spiro atoms. The van der Waals surface area contributed by atoms with Crippen LogP contribution in [0.2, 0.25) is 0 Å². The van der Waals surface area contributed by atoms with Crippen molar-refractivity contribution in [3.8, 4) is 0 Å². The number of amides is 2. The average Bonchev–Trinajstić information content (AvgIpc) is 2.96. The van der Waals surface area contributed by atoms with Crippen molar-refractivity contribution in [1.29, 1.82) is 0 Å². The Hall–Kier alpha value is -1.85. The van der Waals surface area contributed by atoms with Gasteiger partial charge in [0.05, 0.1) is 6.54 Å². The van der Waals surface area contributed by atoms with Crippen LogP contribution >= 0.6 is 0 Å². The molecule has 0 atom stereocenters. The molecule has 2 aliphatic carbocycles. The van der Waals surface area contributed by atoms with Crippen LogP contribution in [0.4, 0.5) is 0 Å². The lowest BCUT2D eigenvalue weighted by atomic mass is 9.87. The van der Waals surface area contributed by atoms with Crippen LogP contribution in [0.5, 0.6) is 0 Å². The van der Waals surface area contributed by atoms with Crippen LogP contribution < -0.4 is 5.73 Å². The van der Waals surface area contributed by atoms with Crippen LogP contribution in [0.15, 0.2) is 0 Å². The van der Waals surface area contributed by atoms with Gasteiger partial charge in [0.15, 0.2) is 5.69 Å². The first-order valence-corrected chi connectivity index (χ1v) is 9.68. The molecule has 0 aliphatic heterocycles. The van der Waals surface area contributed by atoms with E-state index in [1.165, 1.54) is 37.8 Å². The zero-order valence-electron chi connectivity index (χ0n) is 15.3. The Kier molecular flexibility index (Phi) is 5.76. The van der Waals surface area contributed by atoms with Crippen molar-refractivity contribution >= 4 is 11.8 Å². The van der Waals surface area contributed by atoms with Gasteiger partial charge in [-0.3, -0.25) is 14.3 Å². The highest BCUT2D eigenvalue weighted by atomic mass is 16.2. The van der Waals surface area contributed by atoms with Crippen LogP contribution in [0.25, 0.3) is 0 Å². The third-order valence-corrected chi connectivity index (χ3v) is 5.73. The minimum Gasteiger partial charge on any atom is -0.368 e. The van der Waals surface area contributed by atoms with Gasteiger partial charge in [0.1, 0.15) is 0 Å². The number of hydrogen-bond acceptors (Lipinski definition) is 3. The second-order valence-electron chi connectivity index (χ2n) is 7.59. The maximum atomic E-state index is 13.1. The number of primary amides is 1. The molecule has 0 saturated heterocycles. The molecular formula is C19H30N4O2. The van der Waals surface area contributed by atoms with E-state index < -0.39 is 5.91 Å². The molecule has 1 saturated carbocycles. The Balaban J connectivity index is 1.73. The minimum atomic E-state index is -0.457. The maximum Gasteiger partial charge on any atom is 0.275 e. The number of aryl methyl sites for hydroxylation is 1. The zero-order valence-corrected chi connectivity index (χ0v) is 15.3. The van der Waals surface area contributed by atoms with E-state index in [-0.39, 0.29) is 12.5 Å². The quantitative estimate of drug-likeness (QED) is 0.857. The lowest BCUT2D eigenvalue weighted by Crippen LogP contribution is -2.40. The molecule has 1 heterocycles. The molecule has 0 aromatic carbocycles. The average molecular weight is 346 g/mol. The largest absolute Gasteiger partial charge is 0.368 e. The zero-order chi connectivity index (χ0) is 17.8. The minimum absolute atomic E-state index is 0.0170. The Morgan fingerprint density at radius 1 is 1.16 bits per heavy atom. The van der Waals surface area contributed by atoms with E-state index in [2.05, 4.69) is 5.10 Å². The van der Waals surface area contributed by atoms with Crippen molar-refractivity contribution in [2.75, 3.05) is 13.1 Å². The van der Waals surface area contributed by atoms with Crippen LogP contribution in [-0.4, -0.2) is 39.6 Å². The molecule has 1 aromatic rings. The maximum absolute atomic E-state index is 13.1. The van der Waals surface area contributed by atoms with Gasteiger partial charge in [-0.2, -0.15) is 5.10 Å². The first-order valence-electron chi connectivity index (χ1n) is 9.68. The first-order chi connectivity index (χ1) is 12.1. The Morgan fingerprint density at radius 3 is 2.60 bits per heavy atom. The van der Waals surface area contributed by atoms with Gasteiger partial charge >= 0.3 is 0 Å². The van der Waals surface area contributed by atoms with Crippen LogP contribution in [0, 0.1) is 5.92 Å². The lowest BCUT2D eigenvalue weighted by Gasteiger charge is -2.26. The molecule has 6 nitrogen and oxygen atoms in total. The van der Waals surface area contributed by atoms with E-state index in [0.29, 0.717) is 18.2 Å². The summed E-state index contributed by atoms with van der Waals surface area (Å²) in [4.78, 5) is 26.2. The van der Waals surface area contributed by atoms with Crippen molar-refractivity contribution in [1.82, 2.24) is 14.7 Å². The number of carbonyl (C=O) groups excluding carboxylic acids is 2. The highest BCUT2D eigenvalue weighted by Gasteiger charge is 2.28. The highest BCUT2D eigenvalue weighted by Crippen LogP contribution is 2.28. The fourth-order valence-corrected chi connectivity index (χ4v) is 4.35. The number of fused-ring (bicyclic) bond motifs is 1. The van der Waals surface area contributed by atoms with E-state index >= 15 is 0 Å². The summed E-state index contributed by atoms with van der Waals surface area (Å²) < 4.78 is 1.84. The highest BCUT2D eigenvalue weighted by molar-refractivity contribution is 5.96. The molecule has 3 rings (SSSR count). The third-order valence-electron chi connectivity index (χ3n) is 5.73. The fraction of sp³-hybridized carbons (Fsp3) is 0.737. The van der Waals surface area contributed by atoms with Crippen LogP contribution in [-0.2, 0) is 24.7 Å². The van der Waals surface area contributed by atoms with Gasteiger partial charge in [-0.05, 0) is 38.0 Å². The summed E-state index contributed by atoms with van der Waals surface area (Å²) in [5, 5.41) is 4.49. The topological polar surface area (TPSA) is 81.2 Å². The number of rotatable bonds is 6. The number of nitrogens with two attached hydrogens (primary N) is 1. The molecule has 0 bridgehead atoms. The number of carbonyl (C=O) groups is 2. The number of hydrogen-bond donors (Lipinski definition) is 1. The molecule has 2 aliphatic rings. The molecule has 1 aromatic heterocycles. The SMILES string of the molecule is Cn1nc(C(=O)N(CCC2CCCCC2)CC(N)=O)c2c1CCCC2. The summed E-state index contributed by atoms with van der Waals surface area (Å²) in [6.07, 6.45) is 11.4. The van der Waals surface area contributed by atoms with Gasteiger partial charge in [-0.25, -0.2) is 0 Å². The summed E-state index contributed by atoms with van der Waals surface area (Å²) in [6, 6.07) is 0. The predicted octanol–water partition coefficient (Wildman–Crippen LogP) is 2.20. The predicted molar refractivity (Wildman–Crippen MR) is 96.1 cm³/mol. The van der Waals surface area contributed by atoms with Crippen molar-refractivity contribution in [3.05, 3.63) is 17.0 Å². The van der Waals surface area contributed by atoms with Gasteiger partial charge in [-0.1, -0.05) is 32.1 Å². The second-order valence-corrected chi connectivity index (χ2v) is 7.59. The van der Waals surface area contributed by atoms with Crippen molar-refractivity contribution in [2.45, 2.75) is 64.2 Å². The van der Waals surface area contributed by atoms with E-state index in [9.17, 15) is 9.59 Å². The number of nitrogens with zero attached hydrogens (tertiary/aromatic N) is 3. The summed E-state index contributed by atoms with van der Waals surface area (Å²) in [6.45, 7) is 0.578. The molecule has 138 valence electrons. The molecule has 2 amide bonds. The lowest BCUT2D eigenvalue weighted by molar-refractivity contribution is -0.118. The normalized spacial score (nSPS) is 18.0. The van der Waals surface area contributed by atoms with Crippen molar-refractivity contribution < 1.29 is 9.59 Å². The molecule has 0 radical (unpaired) electrons. The molecule has 0 unspecified atom stereocenters. The van der Waals surface area contributed by atoms with Crippen LogP contribution in [0.3, 0.4) is 0 Å². The van der Waals surface area contributed by atoms with E-state index in [1.807, 2.05) is 11.7 Å². The standard InChI is InChI=1S/C19H30N4O2/c1-22-16-10-6-5-9-15(16)18(21-22)19(25)23(13-17(20)24)12-11-14-7-3-2-4-8-14/h14H,2-13H2,1H3,(H2,20,24). The van der Waals surface area contributed by atoms with Crippen molar-refractivity contribution in [2.24, 2.45) is 18.7 Å². The van der Waals surface area contributed by atoms with E-state index in [0.717, 1.165) is 37.7 Å². The summed E-state index contributed by atoms with van der Waals surface area (Å²) >= 11 is 0. The van der Waals surface area contributed by atoms with Gasteiger partial charge < -0.3 is 10.6 Å². The van der Waals surface area contributed by atoms with Gasteiger partial charge in [0.25, 0.3) is 5.91 Å². The van der Waals surface area contributed by atoms with Gasteiger partial charge in [-0.15, -0.1) is 0 Å². The van der Waals surface area contributed by atoms with E-state index in [1.54, 1.807) is 4.90 Å². The van der Waals surface area contributed by atoms with Gasteiger partial charge in [0.2, 0.25) is 5.91 Å². The third kappa shape index (κ3) is 4.22. The number of aromatic nitrogens is 2. The Bertz CT molecular complexity index is 632. The summed E-state index contributed by atoms with van der Waals surface area (Å²) in [5.74, 6) is 0.0738. The molecule has 25 heavy (non-hydrogen) atoms. The fourth-order valence-electron chi connectivity index (χ4n) is 4.35. The molecule has 6 heteroatoms. The molecular weight excluding hydrogens is 316 g/mol. The summed E-state index contributed by atoms with van der Waals surface area (Å²) in [7, 11) is 1.90.